The number of nitrogens with zero attached hydrogens (tertiary/aromatic N) is 1. The van der Waals surface area contributed by atoms with Crippen LogP contribution in [-0.4, -0.2) is 16.2 Å². The minimum absolute atomic E-state index is 0.160. The molecule has 0 spiro atoms. The summed E-state index contributed by atoms with van der Waals surface area (Å²) < 4.78 is 5.63. The minimum atomic E-state index is -1.12. The van der Waals surface area contributed by atoms with Crippen LogP contribution in [0.1, 0.15) is 16.1 Å². The third-order valence-corrected chi connectivity index (χ3v) is 3.04. The number of rotatable bonds is 2. The summed E-state index contributed by atoms with van der Waals surface area (Å²) >= 11 is 3.40. The lowest BCUT2D eigenvalue weighted by Gasteiger charge is -1.99. The zero-order chi connectivity index (χ0) is 11.7. The predicted octanol–water partition coefficient (Wildman–Crippen LogP) is 3.11. The summed E-state index contributed by atoms with van der Waals surface area (Å²) in [6.45, 7) is 1.97. The van der Waals surface area contributed by atoms with Gasteiger partial charge in [0.15, 0.2) is 0 Å². The number of benzene rings is 1. The maximum Gasteiger partial charge on any atom is 0.374 e. The van der Waals surface area contributed by atoms with Gasteiger partial charge in [0.25, 0.3) is 0 Å². The van der Waals surface area contributed by atoms with E-state index in [1.807, 2.05) is 25.1 Å². The molecule has 0 aliphatic rings. The van der Waals surface area contributed by atoms with Gasteiger partial charge < -0.3 is 9.63 Å². The summed E-state index contributed by atoms with van der Waals surface area (Å²) in [6, 6.07) is 7.07. The molecule has 0 aliphatic heterocycles. The van der Waals surface area contributed by atoms with Gasteiger partial charge in [-0.1, -0.05) is 33.2 Å². The van der Waals surface area contributed by atoms with Crippen molar-refractivity contribution < 1.29 is 14.4 Å². The van der Waals surface area contributed by atoms with E-state index < -0.39 is 5.97 Å². The van der Waals surface area contributed by atoms with E-state index in [4.69, 9.17) is 5.11 Å². The zero-order valence-corrected chi connectivity index (χ0v) is 9.98. The number of aryl methyl sites for hydroxylation is 1. The SMILES string of the molecule is Cc1ccc(-c2cc(C(=O)O)on2)cc1Br. The smallest absolute Gasteiger partial charge is 0.374 e. The fraction of sp³-hybridized carbons (Fsp3) is 0.0909. The second kappa shape index (κ2) is 4.09. The molecular weight excluding hydrogens is 274 g/mol. The predicted molar refractivity (Wildman–Crippen MR) is 61.3 cm³/mol. The average molecular weight is 282 g/mol. The Morgan fingerprint density at radius 3 is 2.75 bits per heavy atom. The molecule has 16 heavy (non-hydrogen) atoms. The largest absolute Gasteiger partial charge is 0.475 e. The lowest BCUT2D eigenvalue weighted by molar-refractivity contribution is 0.0652. The Kier molecular flexibility index (Phi) is 2.78. The topological polar surface area (TPSA) is 63.3 Å². The first-order chi connectivity index (χ1) is 7.58. The Hall–Kier alpha value is -1.62. The number of hydrogen-bond acceptors (Lipinski definition) is 3. The molecule has 0 aliphatic carbocycles. The van der Waals surface area contributed by atoms with Crippen LogP contribution in [0, 0.1) is 6.92 Å². The van der Waals surface area contributed by atoms with Crippen molar-refractivity contribution >= 4 is 21.9 Å². The van der Waals surface area contributed by atoms with Crippen molar-refractivity contribution in [3.8, 4) is 11.3 Å². The van der Waals surface area contributed by atoms with Crippen LogP contribution in [-0.2, 0) is 0 Å². The number of aromatic carboxylic acids is 1. The monoisotopic (exact) mass is 281 g/mol. The molecule has 2 rings (SSSR count). The number of halogens is 1. The molecule has 0 bridgehead atoms. The van der Waals surface area contributed by atoms with Crippen LogP contribution in [0.4, 0.5) is 0 Å². The third-order valence-electron chi connectivity index (χ3n) is 2.19. The summed E-state index contributed by atoms with van der Waals surface area (Å²) in [4.78, 5) is 10.6. The number of carbonyl (C=O) groups is 1. The molecule has 0 fully saturated rings. The van der Waals surface area contributed by atoms with Gasteiger partial charge in [0, 0.05) is 16.1 Å². The first kappa shape index (κ1) is 10.9. The quantitative estimate of drug-likeness (QED) is 0.919. The van der Waals surface area contributed by atoms with E-state index in [9.17, 15) is 4.79 Å². The van der Waals surface area contributed by atoms with Gasteiger partial charge in [0.2, 0.25) is 5.76 Å². The second-order valence-corrected chi connectivity index (χ2v) is 4.20. The van der Waals surface area contributed by atoms with Crippen LogP contribution in [0.25, 0.3) is 11.3 Å². The van der Waals surface area contributed by atoms with Crippen LogP contribution in [0.5, 0.6) is 0 Å². The van der Waals surface area contributed by atoms with Crippen LogP contribution in [0.2, 0.25) is 0 Å². The molecule has 0 atom stereocenters. The highest BCUT2D eigenvalue weighted by Crippen LogP contribution is 2.25. The van der Waals surface area contributed by atoms with E-state index >= 15 is 0 Å². The lowest BCUT2D eigenvalue weighted by atomic mass is 10.1. The van der Waals surface area contributed by atoms with Crippen LogP contribution >= 0.6 is 15.9 Å². The fourth-order valence-electron chi connectivity index (χ4n) is 1.26. The highest BCUT2D eigenvalue weighted by atomic mass is 79.9. The van der Waals surface area contributed by atoms with E-state index in [1.54, 1.807) is 0 Å². The van der Waals surface area contributed by atoms with Crippen molar-refractivity contribution in [2.45, 2.75) is 6.92 Å². The van der Waals surface area contributed by atoms with Gasteiger partial charge in [-0.2, -0.15) is 0 Å². The van der Waals surface area contributed by atoms with Crippen molar-refractivity contribution in [3.63, 3.8) is 0 Å². The molecule has 1 aromatic heterocycles. The van der Waals surface area contributed by atoms with Gasteiger partial charge in [0.1, 0.15) is 5.69 Å². The molecule has 1 aromatic carbocycles. The van der Waals surface area contributed by atoms with Gasteiger partial charge in [-0.15, -0.1) is 0 Å². The van der Waals surface area contributed by atoms with Crippen LogP contribution in [0.15, 0.2) is 33.3 Å². The third kappa shape index (κ3) is 1.99. The fourth-order valence-corrected chi connectivity index (χ4v) is 1.64. The van der Waals surface area contributed by atoms with Gasteiger partial charge in [0.05, 0.1) is 0 Å². The molecule has 4 nitrogen and oxygen atoms in total. The van der Waals surface area contributed by atoms with Crippen LogP contribution < -0.4 is 0 Å². The van der Waals surface area contributed by atoms with Crippen molar-refractivity contribution in [1.29, 1.82) is 0 Å². The normalized spacial score (nSPS) is 10.4. The molecule has 1 N–H and O–H groups in total. The number of hydrogen-bond donors (Lipinski definition) is 1. The Labute approximate surface area is 100 Å². The molecule has 0 saturated carbocycles. The summed E-state index contributed by atoms with van der Waals surface area (Å²) in [5.74, 6) is -1.28. The van der Waals surface area contributed by atoms with Gasteiger partial charge in [-0.25, -0.2) is 4.79 Å². The van der Waals surface area contributed by atoms with Crippen molar-refractivity contribution in [3.05, 3.63) is 40.1 Å². The van der Waals surface area contributed by atoms with Crippen molar-refractivity contribution in [2.75, 3.05) is 0 Å². The Balaban J connectivity index is 2.42. The van der Waals surface area contributed by atoms with Gasteiger partial charge in [-0.3, -0.25) is 0 Å². The minimum Gasteiger partial charge on any atom is -0.475 e. The van der Waals surface area contributed by atoms with E-state index in [1.165, 1.54) is 6.07 Å². The van der Waals surface area contributed by atoms with E-state index in [0.717, 1.165) is 15.6 Å². The first-order valence-corrected chi connectivity index (χ1v) is 5.34. The second-order valence-electron chi connectivity index (χ2n) is 3.35. The zero-order valence-electron chi connectivity index (χ0n) is 8.40. The molecule has 5 heteroatoms. The highest BCUT2D eigenvalue weighted by Gasteiger charge is 2.12. The molecule has 0 amide bonds. The van der Waals surface area contributed by atoms with Gasteiger partial charge >= 0.3 is 5.97 Å². The summed E-state index contributed by atoms with van der Waals surface area (Å²) in [6.07, 6.45) is 0. The summed E-state index contributed by atoms with van der Waals surface area (Å²) in [7, 11) is 0. The molecule has 0 unspecified atom stereocenters. The van der Waals surface area contributed by atoms with Crippen molar-refractivity contribution in [1.82, 2.24) is 5.16 Å². The Morgan fingerprint density at radius 2 is 2.19 bits per heavy atom. The standard InChI is InChI=1S/C11H8BrNO3/c1-6-2-3-7(4-8(6)12)9-5-10(11(14)15)16-13-9/h2-5H,1H3,(H,14,15). The summed E-state index contributed by atoms with van der Waals surface area (Å²) in [5, 5.41) is 12.4. The number of carboxylic acids is 1. The number of aromatic nitrogens is 1. The number of carboxylic acid groups (broad SMARTS) is 1. The summed E-state index contributed by atoms with van der Waals surface area (Å²) in [5.41, 5.74) is 2.43. The molecular formula is C11H8BrNO3. The van der Waals surface area contributed by atoms with E-state index in [0.29, 0.717) is 5.69 Å². The van der Waals surface area contributed by atoms with Crippen molar-refractivity contribution in [2.24, 2.45) is 0 Å². The molecule has 0 radical (unpaired) electrons. The molecule has 0 saturated heterocycles. The Bertz CT molecular complexity index is 548. The van der Waals surface area contributed by atoms with E-state index in [-0.39, 0.29) is 5.76 Å². The van der Waals surface area contributed by atoms with Gasteiger partial charge in [-0.05, 0) is 18.6 Å². The first-order valence-electron chi connectivity index (χ1n) is 4.54. The maximum absolute atomic E-state index is 10.6. The highest BCUT2D eigenvalue weighted by molar-refractivity contribution is 9.10. The average Bonchev–Trinajstić information content (AvgIpc) is 2.71. The molecule has 82 valence electrons. The van der Waals surface area contributed by atoms with E-state index in [2.05, 4.69) is 25.6 Å². The maximum atomic E-state index is 10.6. The lowest BCUT2D eigenvalue weighted by Crippen LogP contribution is -1.91. The van der Waals surface area contributed by atoms with Crippen LogP contribution in [0.3, 0.4) is 0 Å². The molecule has 2 aromatic rings. The molecule has 1 heterocycles. The Morgan fingerprint density at radius 1 is 1.44 bits per heavy atom.